The second-order valence-corrected chi connectivity index (χ2v) is 8.49. The second kappa shape index (κ2) is 6.58. The van der Waals surface area contributed by atoms with E-state index in [2.05, 4.69) is 23.4 Å². The van der Waals surface area contributed by atoms with Crippen molar-refractivity contribution in [1.82, 2.24) is 10.2 Å². The summed E-state index contributed by atoms with van der Waals surface area (Å²) in [7, 11) is 0. The highest BCUT2D eigenvalue weighted by Crippen LogP contribution is 2.42. The van der Waals surface area contributed by atoms with Gasteiger partial charge in [-0.1, -0.05) is 19.3 Å². The van der Waals surface area contributed by atoms with Crippen LogP contribution < -0.4 is 5.32 Å². The first-order chi connectivity index (χ1) is 9.73. The van der Waals surface area contributed by atoms with Crippen molar-refractivity contribution in [3.8, 4) is 0 Å². The number of rotatable bonds is 5. The van der Waals surface area contributed by atoms with Crippen LogP contribution in [0.15, 0.2) is 0 Å². The lowest BCUT2D eigenvalue weighted by atomic mass is 9.80. The molecule has 2 nitrogen and oxygen atoms in total. The Hall–Kier alpha value is 0.270. The number of hydrogen-bond acceptors (Lipinski definition) is 3. The molecule has 1 saturated heterocycles. The molecule has 1 N–H and O–H groups in total. The summed E-state index contributed by atoms with van der Waals surface area (Å²) in [6, 6.07) is 0.814. The number of piperazine rings is 1. The standard InChI is InChI=1S/C17H32N2S/c1-17(15-8-9-15)13-19(10-11-20-2)16(12-18-17)14-6-4-3-5-7-14/h14-16,18H,3-13H2,1-2H3. The van der Waals surface area contributed by atoms with Gasteiger partial charge in [-0.2, -0.15) is 11.8 Å². The molecule has 3 heteroatoms. The maximum Gasteiger partial charge on any atom is 0.0309 e. The van der Waals surface area contributed by atoms with E-state index < -0.39 is 0 Å². The van der Waals surface area contributed by atoms with E-state index in [9.17, 15) is 0 Å². The molecule has 2 aliphatic carbocycles. The van der Waals surface area contributed by atoms with E-state index in [0.29, 0.717) is 5.54 Å². The third kappa shape index (κ3) is 3.36. The molecule has 2 unspecified atom stereocenters. The van der Waals surface area contributed by atoms with Gasteiger partial charge in [0.25, 0.3) is 0 Å². The molecule has 3 fully saturated rings. The summed E-state index contributed by atoms with van der Waals surface area (Å²) in [6.45, 7) is 6.31. The van der Waals surface area contributed by atoms with Crippen molar-refractivity contribution in [1.29, 1.82) is 0 Å². The molecule has 1 heterocycles. The Balaban J connectivity index is 1.65. The zero-order valence-electron chi connectivity index (χ0n) is 13.4. The van der Waals surface area contributed by atoms with E-state index in [1.807, 2.05) is 11.8 Å². The first-order valence-corrected chi connectivity index (χ1v) is 10.1. The third-order valence-corrected chi connectivity index (χ3v) is 6.56. The third-order valence-electron chi connectivity index (χ3n) is 5.97. The van der Waals surface area contributed by atoms with Crippen LogP contribution in [0.1, 0.15) is 51.9 Å². The van der Waals surface area contributed by atoms with Gasteiger partial charge in [0.05, 0.1) is 0 Å². The van der Waals surface area contributed by atoms with Crippen molar-refractivity contribution in [2.24, 2.45) is 11.8 Å². The Morgan fingerprint density at radius 1 is 1.15 bits per heavy atom. The molecule has 20 heavy (non-hydrogen) atoms. The largest absolute Gasteiger partial charge is 0.308 e. The zero-order valence-corrected chi connectivity index (χ0v) is 14.2. The van der Waals surface area contributed by atoms with Gasteiger partial charge in [0.15, 0.2) is 0 Å². The highest BCUT2D eigenvalue weighted by molar-refractivity contribution is 7.98. The molecular formula is C17H32N2S. The van der Waals surface area contributed by atoms with Crippen LogP contribution in [-0.4, -0.2) is 48.1 Å². The van der Waals surface area contributed by atoms with E-state index in [0.717, 1.165) is 17.9 Å². The Labute approximate surface area is 129 Å². The fourth-order valence-corrected chi connectivity index (χ4v) is 4.91. The molecule has 1 aliphatic heterocycles. The Kier molecular flexibility index (Phi) is 4.99. The van der Waals surface area contributed by atoms with E-state index in [4.69, 9.17) is 0 Å². The summed E-state index contributed by atoms with van der Waals surface area (Å²) in [5, 5.41) is 3.96. The van der Waals surface area contributed by atoms with Crippen LogP contribution >= 0.6 is 11.8 Å². The van der Waals surface area contributed by atoms with Gasteiger partial charge in [-0.25, -0.2) is 0 Å². The average molecular weight is 297 g/mol. The fraction of sp³-hybridized carbons (Fsp3) is 1.00. The number of nitrogens with zero attached hydrogens (tertiary/aromatic N) is 1. The lowest BCUT2D eigenvalue weighted by Crippen LogP contribution is -2.65. The zero-order chi connectivity index (χ0) is 14.0. The van der Waals surface area contributed by atoms with Gasteiger partial charge in [-0.05, 0) is 50.7 Å². The van der Waals surface area contributed by atoms with Crippen LogP contribution in [0.5, 0.6) is 0 Å². The van der Waals surface area contributed by atoms with Gasteiger partial charge in [0.1, 0.15) is 0 Å². The fourth-order valence-electron chi connectivity index (χ4n) is 4.49. The van der Waals surface area contributed by atoms with E-state index in [1.165, 1.54) is 70.3 Å². The maximum atomic E-state index is 3.96. The number of thioether (sulfide) groups is 1. The van der Waals surface area contributed by atoms with Crippen LogP contribution in [0.4, 0.5) is 0 Å². The molecule has 0 radical (unpaired) electrons. The van der Waals surface area contributed by atoms with Crippen molar-refractivity contribution in [2.45, 2.75) is 63.5 Å². The highest BCUT2D eigenvalue weighted by Gasteiger charge is 2.47. The molecule has 0 aromatic heterocycles. The average Bonchev–Trinajstić information content (AvgIpc) is 3.31. The van der Waals surface area contributed by atoms with Gasteiger partial charge in [0.2, 0.25) is 0 Å². The Morgan fingerprint density at radius 2 is 1.90 bits per heavy atom. The summed E-state index contributed by atoms with van der Waals surface area (Å²) < 4.78 is 0. The minimum Gasteiger partial charge on any atom is -0.308 e. The lowest BCUT2D eigenvalue weighted by molar-refractivity contribution is 0.0389. The van der Waals surface area contributed by atoms with Crippen molar-refractivity contribution in [3.05, 3.63) is 0 Å². The quantitative estimate of drug-likeness (QED) is 0.837. The van der Waals surface area contributed by atoms with Gasteiger partial charge < -0.3 is 5.32 Å². The maximum absolute atomic E-state index is 3.96. The minimum absolute atomic E-state index is 0.406. The summed E-state index contributed by atoms with van der Waals surface area (Å²) in [5.41, 5.74) is 0.406. The Bertz CT molecular complexity index is 312. The second-order valence-electron chi connectivity index (χ2n) is 7.50. The molecule has 116 valence electrons. The van der Waals surface area contributed by atoms with Gasteiger partial charge in [-0.15, -0.1) is 0 Å². The summed E-state index contributed by atoms with van der Waals surface area (Å²) in [4.78, 5) is 2.86. The predicted octanol–water partition coefficient (Wildman–Crippen LogP) is 3.37. The summed E-state index contributed by atoms with van der Waals surface area (Å²) in [5.74, 6) is 3.21. The number of nitrogens with one attached hydrogen (secondary N) is 1. The SMILES string of the molecule is CSCCN1CC(C)(C2CC2)NCC1C1CCCCC1. The molecule has 3 rings (SSSR count). The van der Waals surface area contributed by atoms with Crippen molar-refractivity contribution >= 4 is 11.8 Å². The highest BCUT2D eigenvalue weighted by atomic mass is 32.2. The van der Waals surface area contributed by atoms with Crippen LogP contribution in [0.2, 0.25) is 0 Å². The van der Waals surface area contributed by atoms with Crippen LogP contribution in [-0.2, 0) is 0 Å². The lowest BCUT2D eigenvalue weighted by Gasteiger charge is -2.50. The molecule has 0 aromatic carbocycles. The first kappa shape index (κ1) is 15.2. The molecule has 0 aromatic rings. The Morgan fingerprint density at radius 3 is 2.55 bits per heavy atom. The van der Waals surface area contributed by atoms with E-state index in [-0.39, 0.29) is 0 Å². The normalized spacial score (nSPS) is 37.2. The van der Waals surface area contributed by atoms with Crippen LogP contribution in [0, 0.1) is 11.8 Å². The molecule has 0 amide bonds. The van der Waals surface area contributed by atoms with E-state index >= 15 is 0 Å². The molecule has 3 aliphatic rings. The molecule has 2 saturated carbocycles. The van der Waals surface area contributed by atoms with Crippen molar-refractivity contribution in [2.75, 3.05) is 31.6 Å². The molecule has 0 spiro atoms. The van der Waals surface area contributed by atoms with Crippen molar-refractivity contribution < 1.29 is 0 Å². The minimum atomic E-state index is 0.406. The van der Waals surface area contributed by atoms with E-state index in [1.54, 1.807) is 0 Å². The van der Waals surface area contributed by atoms with Crippen LogP contribution in [0.3, 0.4) is 0 Å². The molecule has 0 bridgehead atoms. The molecular weight excluding hydrogens is 264 g/mol. The smallest absolute Gasteiger partial charge is 0.0309 e. The topological polar surface area (TPSA) is 15.3 Å². The predicted molar refractivity (Wildman–Crippen MR) is 89.4 cm³/mol. The van der Waals surface area contributed by atoms with Gasteiger partial charge in [0, 0.05) is 37.0 Å². The summed E-state index contributed by atoms with van der Waals surface area (Å²) >= 11 is 2.01. The first-order valence-electron chi connectivity index (χ1n) is 8.71. The van der Waals surface area contributed by atoms with Gasteiger partial charge in [-0.3, -0.25) is 4.90 Å². The summed E-state index contributed by atoms with van der Waals surface area (Å²) in [6.07, 6.45) is 12.5. The van der Waals surface area contributed by atoms with Gasteiger partial charge >= 0.3 is 0 Å². The monoisotopic (exact) mass is 296 g/mol. The molecule has 2 atom stereocenters. The number of hydrogen-bond donors (Lipinski definition) is 1. The van der Waals surface area contributed by atoms with Crippen LogP contribution in [0.25, 0.3) is 0 Å². The van der Waals surface area contributed by atoms with Crippen molar-refractivity contribution in [3.63, 3.8) is 0 Å².